The zero-order chi connectivity index (χ0) is 23.9. The Hall–Kier alpha value is -2.90. The number of benzene rings is 2. The quantitative estimate of drug-likeness (QED) is 0.628. The molecule has 34 heavy (non-hydrogen) atoms. The van der Waals surface area contributed by atoms with E-state index in [1.165, 1.54) is 16.8 Å². The van der Waals surface area contributed by atoms with Crippen molar-refractivity contribution in [3.05, 3.63) is 64.7 Å². The van der Waals surface area contributed by atoms with E-state index in [2.05, 4.69) is 38.6 Å². The summed E-state index contributed by atoms with van der Waals surface area (Å²) >= 11 is 0. The molecule has 2 amide bonds. The molecule has 0 unspecified atom stereocenters. The van der Waals surface area contributed by atoms with Crippen molar-refractivity contribution < 1.29 is 14.3 Å². The van der Waals surface area contributed by atoms with E-state index < -0.39 is 0 Å². The molecular weight excluding hydrogens is 428 g/mol. The van der Waals surface area contributed by atoms with Gasteiger partial charge in [0.25, 0.3) is 11.8 Å². The summed E-state index contributed by atoms with van der Waals surface area (Å²) in [5, 5.41) is 5.62. The maximum atomic E-state index is 12.1. The summed E-state index contributed by atoms with van der Waals surface area (Å²) in [4.78, 5) is 29.0. The van der Waals surface area contributed by atoms with Crippen molar-refractivity contribution >= 4 is 17.5 Å². The Kier molecular flexibility index (Phi) is 8.19. The smallest absolute Gasteiger partial charge is 0.251 e. The van der Waals surface area contributed by atoms with Gasteiger partial charge in [0.2, 0.25) is 0 Å². The van der Waals surface area contributed by atoms with E-state index >= 15 is 0 Å². The first-order valence-corrected chi connectivity index (χ1v) is 12.4. The van der Waals surface area contributed by atoms with Crippen LogP contribution in [0.3, 0.4) is 0 Å². The maximum absolute atomic E-state index is 12.1. The number of ether oxygens (including phenoxy) is 1. The minimum absolute atomic E-state index is 0.00502. The summed E-state index contributed by atoms with van der Waals surface area (Å²) in [6.07, 6.45) is 2.83. The molecule has 7 nitrogen and oxygen atoms in total. The molecule has 2 aromatic carbocycles. The highest BCUT2D eigenvalue weighted by atomic mass is 16.5. The lowest BCUT2D eigenvalue weighted by atomic mass is 9.93. The maximum Gasteiger partial charge on any atom is 0.251 e. The summed E-state index contributed by atoms with van der Waals surface area (Å²) in [5.74, 6) is -0.0484. The van der Waals surface area contributed by atoms with Crippen LogP contribution >= 0.6 is 0 Å². The molecule has 2 N–H and O–H groups in total. The summed E-state index contributed by atoms with van der Waals surface area (Å²) < 4.78 is 6.10. The highest BCUT2D eigenvalue weighted by Crippen LogP contribution is 2.31. The number of fused-ring (bicyclic) bond motifs is 1. The molecule has 2 aromatic rings. The van der Waals surface area contributed by atoms with Crippen molar-refractivity contribution in [3.8, 4) is 0 Å². The molecule has 2 heterocycles. The average molecular weight is 465 g/mol. The van der Waals surface area contributed by atoms with Crippen LogP contribution in [-0.4, -0.2) is 69.6 Å². The summed E-state index contributed by atoms with van der Waals surface area (Å²) in [6.45, 7) is 8.41. The van der Waals surface area contributed by atoms with Crippen LogP contribution < -0.4 is 15.5 Å². The van der Waals surface area contributed by atoms with E-state index in [-0.39, 0.29) is 17.9 Å². The van der Waals surface area contributed by atoms with Gasteiger partial charge in [0, 0.05) is 63.1 Å². The summed E-state index contributed by atoms with van der Waals surface area (Å²) in [6, 6.07) is 13.9. The van der Waals surface area contributed by atoms with Gasteiger partial charge in [0.1, 0.15) is 0 Å². The van der Waals surface area contributed by atoms with Gasteiger partial charge in [-0.25, -0.2) is 0 Å². The predicted octanol–water partition coefficient (Wildman–Crippen LogP) is 3.01. The van der Waals surface area contributed by atoms with Gasteiger partial charge in [-0.15, -0.1) is 0 Å². The van der Waals surface area contributed by atoms with Gasteiger partial charge in [-0.3, -0.25) is 14.5 Å². The van der Waals surface area contributed by atoms with Gasteiger partial charge in [0.15, 0.2) is 0 Å². The van der Waals surface area contributed by atoms with Gasteiger partial charge in [0.05, 0.1) is 12.7 Å². The van der Waals surface area contributed by atoms with Crippen molar-refractivity contribution in [1.29, 1.82) is 0 Å². The molecule has 0 aliphatic carbocycles. The number of nitrogens with one attached hydrogen (secondary N) is 2. The molecule has 7 heteroatoms. The van der Waals surface area contributed by atoms with Crippen LogP contribution in [0.4, 0.5) is 5.69 Å². The fourth-order valence-electron chi connectivity index (χ4n) is 4.76. The van der Waals surface area contributed by atoms with Crippen LogP contribution in [0.1, 0.15) is 57.7 Å². The number of hydrogen-bond acceptors (Lipinski definition) is 5. The molecule has 1 saturated heterocycles. The molecule has 2 aliphatic heterocycles. The van der Waals surface area contributed by atoms with E-state index in [1.54, 1.807) is 7.05 Å². The summed E-state index contributed by atoms with van der Waals surface area (Å²) in [5.41, 5.74) is 5.05. The second-order valence-electron chi connectivity index (χ2n) is 9.02. The Balaban J connectivity index is 1.27. The number of carbonyl (C=O) groups excluding carboxylic acids is 2. The lowest BCUT2D eigenvalue weighted by Crippen LogP contribution is -2.47. The molecule has 0 bridgehead atoms. The minimum Gasteiger partial charge on any atom is -0.373 e. The largest absolute Gasteiger partial charge is 0.373 e. The molecule has 0 radical (unpaired) electrons. The third-order valence-electron chi connectivity index (χ3n) is 6.78. The van der Waals surface area contributed by atoms with Crippen molar-refractivity contribution in [2.75, 3.05) is 57.8 Å². The second kappa shape index (κ2) is 11.5. The van der Waals surface area contributed by atoms with Crippen LogP contribution in [-0.2, 0) is 11.2 Å². The van der Waals surface area contributed by atoms with Crippen molar-refractivity contribution in [3.63, 3.8) is 0 Å². The first kappa shape index (κ1) is 24.2. The summed E-state index contributed by atoms with van der Waals surface area (Å²) in [7, 11) is 1.66. The topological polar surface area (TPSA) is 73.9 Å². The van der Waals surface area contributed by atoms with E-state index in [9.17, 15) is 9.59 Å². The van der Waals surface area contributed by atoms with E-state index in [0.717, 1.165) is 52.0 Å². The lowest BCUT2D eigenvalue weighted by molar-refractivity contribution is 0.0288. The van der Waals surface area contributed by atoms with E-state index in [0.29, 0.717) is 24.3 Å². The zero-order valence-electron chi connectivity index (χ0n) is 20.3. The Morgan fingerprint density at radius 2 is 1.74 bits per heavy atom. The van der Waals surface area contributed by atoms with Gasteiger partial charge in [-0.1, -0.05) is 13.0 Å². The predicted molar refractivity (Wildman–Crippen MR) is 135 cm³/mol. The second-order valence-corrected chi connectivity index (χ2v) is 9.02. The molecule has 0 saturated carbocycles. The first-order chi connectivity index (χ1) is 16.6. The van der Waals surface area contributed by atoms with Crippen LogP contribution in [0.2, 0.25) is 0 Å². The normalized spacial score (nSPS) is 18.3. The molecule has 1 fully saturated rings. The Morgan fingerprint density at radius 3 is 2.44 bits per heavy atom. The van der Waals surface area contributed by atoms with Crippen molar-refractivity contribution in [2.45, 2.75) is 32.3 Å². The number of amides is 2. The van der Waals surface area contributed by atoms with Crippen LogP contribution in [0.25, 0.3) is 0 Å². The third kappa shape index (κ3) is 5.77. The molecule has 182 valence electrons. The van der Waals surface area contributed by atoms with Crippen LogP contribution in [0.15, 0.2) is 42.5 Å². The number of piperazine rings is 1. The molecule has 0 spiro atoms. The number of nitrogens with zero attached hydrogens (tertiary/aromatic N) is 2. The standard InChI is InChI=1S/C27H36N4O3/c1-3-12-29-27(33)20-4-7-23(8-5-20)31-16-14-30(15-17-31)13-10-25-24-9-6-22(26(32)28-2)19-21(24)11-18-34-25/h4-9,19,25H,3,10-18H2,1-2H3,(H,28,32)(H,29,33)/t25-/m0/s1. The van der Waals surface area contributed by atoms with Crippen molar-refractivity contribution in [1.82, 2.24) is 15.5 Å². The van der Waals surface area contributed by atoms with Gasteiger partial charge in [-0.05, 0) is 66.8 Å². The minimum atomic E-state index is -0.0434. The molecular formula is C27H36N4O3. The fourth-order valence-corrected chi connectivity index (χ4v) is 4.76. The zero-order valence-corrected chi connectivity index (χ0v) is 20.3. The Morgan fingerprint density at radius 1 is 1.00 bits per heavy atom. The number of rotatable bonds is 8. The van der Waals surface area contributed by atoms with Crippen molar-refractivity contribution in [2.24, 2.45) is 0 Å². The third-order valence-corrected chi connectivity index (χ3v) is 6.78. The number of carbonyl (C=O) groups is 2. The Labute approximate surface area is 202 Å². The van der Waals surface area contributed by atoms with Gasteiger partial charge in [-0.2, -0.15) is 0 Å². The molecule has 2 aliphatic rings. The van der Waals surface area contributed by atoms with E-state index in [1.807, 2.05) is 31.2 Å². The number of hydrogen-bond donors (Lipinski definition) is 2. The monoisotopic (exact) mass is 464 g/mol. The SMILES string of the molecule is CCCNC(=O)c1ccc(N2CCN(CC[C@@H]3OCCc4cc(C(=O)NC)ccc43)CC2)cc1. The van der Waals surface area contributed by atoms with Crippen LogP contribution in [0, 0.1) is 0 Å². The van der Waals surface area contributed by atoms with Crippen LogP contribution in [0.5, 0.6) is 0 Å². The molecule has 0 aromatic heterocycles. The highest BCUT2D eigenvalue weighted by molar-refractivity contribution is 5.94. The molecule has 4 rings (SSSR count). The number of anilines is 1. The average Bonchev–Trinajstić information content (AvgIpc) is 2.90. The highest BCUT2D eigenvalue weighted by Gasteiger charge is 2.24. The molecule has 1 atom stereocenters. The Bertz CT molecular complexity index is 984. The van der Waals surface area contributed by atoms with Gasteiger partial charge >= 0.3 is 0 Å². The van der Waals surface area contributed by atoms with Gasteiger partial charge < -0.3 is 20.3 Å². The first-order valence-electron chi connectivity index (χ1n) is 12.4. The van der Waals surface area contributed by atoms with E-state index in [4.69, 9.17) is 4.74 Å². The fraction of sp³-hybridized carbons (Fsp3) is 0.481. The lowest BCUT2D eigenvalue weighted by Gasteiger charge is -2.37.